The maximum absolute atomic E-state index is 5.15. The molecular weight excluding hydrogens is 178 g/mol. The highest BCUT2D eigenvalue weighted by molar-refractivity contribution is 4.94. The molecule has 14 heavy (non-hydrogen) atoms. The molecule has 0 saturated heterocycles. The van der Waals surface area contributed by atoms with Crippen LogP contribution in [-0.4, -0.2) is 18.4 Å². The van der Waals surface area contributed by atoms with Crippen molar-refractivity contribution in [2.24, 2.45) is 0 Å². The first-order valence-electron chi connectivity index (χ1n) is 5.19. The molecule has 1 radical (unpaired) electrons. The van der Waals surface area contributed by atoms with Gasteiger partial charge in [-0.2, -0.15) is 0 Å². The summed E-state index contributed by atoms with van der Waals surface area (Å²) >= 11 is 0. The molecule has 1 heterocycles. The van der Waals surface area contributed by atoms with Gasteiger partial charge in [0.05, 0.1) is 5.69 Å². The third kappa shape index (κ3) is 5.02. The van der Waals surface area contributed by atoms with Crippen LogP contribution in [0.5, 0.6) is 0 Å². The highest BCUT2D eigenvalue weighted by Crippen LogP contribution is 2.05. The van der Waals surface area contributed by atoms with Crippen LogP contribution < -0.4 is 0 Å². The summed E-state index contributed by atoms with van der Waals surface area (Å²) < 4.78 is 9.90. The Kier molecular flexibility index (Phi) is 6.07. The van der Waals surface area contributed by atoms with Crippen molar-refractivity contribution in [2.75, 3.05) is 13.2 Å². The van der Waals surface area contributed by atoms with Crippen LogP contribution in [0.25, 0.3) is 0 Å². The highest BCUT2D eigenvalue weighted by Gasteiger charge is 1.96. The number of rotatable bonds is 8. The monoisotopic (exact) mass is 196 g/mol. The largest absolute Gasteiger partial charge is 0.381 e. The first-order valence-corrected chi connectivity index (χ1v) is 5.19. The first-order chi connectivity index (χ1) is 6.93. The number of aromatic nitrogens is 1. The molecule has 1 aromatic heterocycles. The van der Waals surface area contributed by atoms with Gasteiger partial charge >= 0.3 is 0 Å². The Hall–Kier alpha value is -0.830. The van der Waals surface area contributed by atoms with Gasteiger partial charge in [-0.1, -0.05) is 18.0 Å². The lowest BCUT2D eigenvalue weighted by Gasteiger charge is -2.00. The van der Waals surface area contributed by atoms with E-state index in [9.17, 15) is 0 Å². The Bertz CT molecular complexity index is 209. The Morgan fingerprint density at radius 1 is 1.29 bits per heavy atom. The number of aryl methyl sites for hydroxylation is 1. The zero-order chi connectivity index (χ0) is 10.1. The van der Waals surface area contributed by atoms with Crippen molar-refractivity contribution in [3.8, 4) is 0 Å². The fraction of sp³-hybridized carbons (Fsp3) is 0.636. The number of hydrogen-bond donors (Lipinski definition) is 0. The van der Waals surface area contributed by atoms with E-state index in [2.05, 4.69) is 12.1 Å². The molecule has 0 amide bonds. The molecule has 0 saturated carbocycles. The second-order valence-electron chi connectivity index (χ2n) is 3.27. The minimum Gasteiger partial charge on any atom is -0.381 e. The third-order valence-corrected chi connectivity index (χ3v) is 2.11. The van der Waals surface area contributed by atoms with Crippen molar-refractivity contribution in [3.05, 3.63) is 24.9 Å². The van der Waals surface area contributed by atoms with Crippen LogP contribution in [0, 0.1) is 6.92 Å². The second-order valence-corrected chi connectivity index (χ2v) is 3.27. The van der Waals surface area contributed by atoms with E-state index >= 15 is 0 Å². The normalized spacial score (nSPS) is 10.6. The lowest BCUT2D eigenvalue weighted by atomic mass is 10.1. The number of nitrogens with zero attached hydrogens (tertiary/aromatic N) is 1. The molecule has 0 fully saturated rings. The summed E-state index contributed by atoms with van der Waals surface area (Å²) in [4.78, 5) is 0. The van der Waals surface area contributed by atoms with Gasteiger partial charge in [0.2, 0.25) is 0 Å². The van der Waals surface area contributed by atoms with Gasteiger partial charge < -0.3 is 9.26 Å². The van der Waals surface area contributed by atoms with Gasteiger partial charge in [0.1, 0.15) is 6.26 Å². The maximum atomic E-state index is 5.15. The SMILES string of the molecule is [CH2]COCCCCCCc1ccon1. The summed E-state index contributed by atoms with van der Waals surface area (Å²) in [6.07, 6.45) is 7.40. The van der Waals surface area contributed by atoms with E-state index < -0.39 is 0 Å². The third-order valence-electron chi connectivity index (χ3n) is 2.11. The first kappa shape index (κ1) is 11.2. The van der Waals surface area contributed by atoms with Crippen molar-refractivity contribution in [1.29, 1.82) is 0 Å². The topological polar surface area (TPSA) is 35.3 Å². The molecule has 3 heteroatoms. The van der Waals surface area contributed by atoms with Gasteiger partial charge in [-0.05, 0) is 26.2 Å². The fourth-order valence-corrected chi connectivity index (χ4v) is 1.33. The lowest BCUT2D eigenvalue weighted by Crippen LogP contribution is -1.93. The molecule has 0 spiro atoms. The minimum absolute atomic E-state index is 0.582. The Labute approximate surface area is 85.4 Å². The zero-order valence-corrected chi connectivity index (χ0v) is 8.58. The zero-order valence-electron chi connectivity index (χ0n) is 8.58. The summed E-state index contributed by atoms with van der Waals surface area (Å²) in [5.41, 5.74) is 1.05. The van der Waals surface area contributed by atoms with Crippen molar-refractivity contribution < 1.29 is 9.26 Å². The van der Waals surface area contributed by atoms with Crippen molar-refractivity contribution in [1.82, 2.24) is 5.16 Å². The average molecular weight is 196 g/mol. The molecule has 3 nitrogen and oxygen atoms in total. The summed E-state index contributed by atoms with van der Waals surface area (Å²) in [6, 6.07) is 1.92. The Morgan fingerprint density at radius 3 is 2.86 bits per heavy atom. The molecule has 1 aromatic rings. The molecule has 0 aliphatic carbocycles. The molecule has 1 rings (SSSR count). The van der Waals surface area contributed by atoms with Crippen LogP contribution in [-0.2, 0) is 11.2 Å². The standard InChI is InChI=1S/C11H18NO2/c1-2-13-9-6-4-3-5-7-11-8-10-14-12-11/h8,10H,1-7,9H2. The van der Waals surface area contributed by atoms with Crippen molar-refractivity contribution >= 4 is 0 Å². The van der Waals surface area contributed by atoms with Crippen molar-refractivity contribution in [2.45, 2.75) is 32.1 Å². The predicted octanol–water partition coefficient (Wildman–Crippen LogP) is 2.63. The molecule has 0 unspecified atom stereocenters. The van der Waals surface area contributed by atoms with Gasteiger partial charge in [-0.25, -0.2) is 0 Å². The molecule has 0 N–H and O–H groups in total. The van der Waals surface area contributed by atoms with Crippen LogP contribution in [0.2, 0.25) is 0 Å². The Balaban J connectivity index is 1.85. The molecule has 0 aromatic carbocycles. The maximum Gasteiger partial charge on any atom is 0.124 e. The van der Waals surface area contributed by atoms with E-state index in [4.69, 9.17) is 9.26 Å². The van der Waals surface area contributed by atoms with Gasteiger partial charge in [-0.3, -0.25) is 0 Å². The van der Waals surface area contributed by atoms with Crippen LogP contribution >= 0.6 is 0 Å². The molecule has 0 aliphatic heterocycles. The van der Waals surface area contributed by atoms with E-state index in [0.29, 0.717) is 6.61 Å². The van der Waals surface area contributed by atoms with E-state index in [1.165, 1.54) is 19.3 Å². The molecule has 0 aliphatic rings. The fourth-order valence-electron chi connectivity index (χ4n) is 1.33. The van der Waals surface area contributed by atoms with Crippen LogP contribution in [0.4, 0.5) is 0 Å². The van der Waals surface area contributed by atoms with Gasteiger partial charge in [0.25, 0.3) is 0 Å². The minimum atomic E-state index is 0.582. The second kappa shape index (κ2) is 7.56. The summed E-state index contributed by atoms with van der Waals surface area (Å²) in [7, 11) is 0. The highest BCUT2D eigenvalue weighted by atomic mass is 16.5. The van der Waals surface area contributed by atoms with Crippen LogP contribution in [0.15, 0.2) is 16.9 Å². The number of ether oxygens (including phenoxy) is 1. The Morgan fingerprint density at radius 2 is 2.14 bits per heavy atom. The van der Waals surface area contributed by atoms with Crippen LogP contribution in [0.1, 0.15) is 31.4 Å². The molecule has 0 bridgehead atoms. The van der Waals surface area contributed by atoms with Gasteiger partial charge in [0, 0.05) is 19.3 Å². The number of unbranched alkanes of at least 4 members (excludes halogenated alkanes) is 3. The average Bonchev–Trinajstić information content (AvgIpc) is 2.69. The van der Waals surface area contributed by atoms with Gasteiger partial charge in [-0.15, -0.1) is 0 Å². The van der Waals surface area contributed by atoms with E-state index in [1.807, 2.05) is 6.07 Å². The van der Waals surface area contributed by atoms with E-state index in [-0.39, 0.29) is 0 Å². The quantitative estimate of drug-likeness (QED) is 0.599. The number of hydrogen-bond acceptors (Lipinski definition) is 3. The lowest BCUT2D eigenvalue weighted by molar-refractivity contribution is 0.156. The molecule has 79 valence electrons. The summed E-state index contributed by atoms with van der Waals surface area (Å²) in [5, 5.41) is 3.86. The van der Waals surface area contributed by atoms with E-state index in [0.717, 1.165) is 25.1 Å². The van der Waals surface area contributed by atoms with Crippen LogP contribution in [0.3, 0.4) is 0 Å². The molecule has 0 atom stereocenters. The molecular formula is C11H18NO2. The summed E-state index contributed by atoms with van der Waals surface area (Å²) in [6.45, 7) is 5.04. The smallest absolute Gasteiger partial charge is 0.124 e. The van der Waals surface area contributed by atoms with Crippen molar-refractivity contribution in [3.63, 3.8) is 0 Å². The predicted molar refractivity (Wildman–Crippen MR) is 54.9 cm³/mol. The van der Waals surface area contributed by atoms with Gasteiger partial charge in [0.15, 0.2) is 0 Å². The summed E-state index contributed by atoms with van der Waals surface area (Å²) in [5.74, 6) is 0. The van der Waals surface area contributed by atoms with E-state index in [1.54, 1.807) is 6.26 Å².